The topological polar surface area (TPSA) is 78.7 Å². The fourth-order valence-corrected chi connectivity index (χ4v) is 1.65. The first-order valence-corrected chi connectivity index (χ1v) is 5.57. The van der Waals surface area contributed by atoms with E-state index in [9.17, 15) is 4.79 Å². The smallest absolute Gasteiger partial charge is 0.282 e. The molecule has 0 bridgehead atoms. The van der Waals surface area contributed by atoms with Crippen molar-refractivity contribution in [2.75, 3.05) is 6.54 Å². The maximum absolute atomic E-state index is 11.4. The van der Waals surface area contributed by atoms with E-state index >= 15 is 0 Å². The summed E-state index contributed by atoms with van der Waals surface area (Å²) in [6.07, 6.45) is 2.08. The van der Waals surface area contributed by atoms with Crippen LogP contribution in [0.15, 0.2) is 0 Å². The van der Waals surface area contributed by atoms with Gasteiger partial charge in [-0.05, 0) is 24.4 Å². The highest BCUT2D eigenvalue weighted by Crippen LogP contribution is 2.14. The van der Waals surface area contributed by atoms with E-state index in [2.05, 4.69) is 15.5 Å². The maximum atomic E-state index is 11.4. The number of amides is 1. The summed E-state index contributed by atoms with van der Waals surface area (Å²) in [7, 11) is 0. The Morgan fingerprint density at radius 1 is 1.53 bits per heavy atom. The minimum Gasteiger partial charge on any atom is -0.350 e. The average Bonchev–Trinajstić information content (AvgIpc) is 2.64. The van der Waals surface area contributed by atoms with E-state index in [1.807, 2.05) is 6.07 Å². The maximum Gasteiger partial charge on any atom is 0.282 e. The summed E-state index contributed by atoms with van der Waals surface area (Å²) in [5.41, 5.74) is 0. The molecule has 80 valence electrons. The Kier molecular flexibility index (Phi) is 5.01. The van der Waals surface area contributed by atoms with Crippen molar-refractivity contribution >= 4 is 28.8 Å². The highest BCUT2D eigenvalue weighted by Gasteiger charge is 2.10. The monoisotopic (exact) mass is 244 g/mol. The lowest BCUT2D eigenvalue weighted by atomic mass is 10.2. The van der Waals surface area contributed by atoms with Crippen LogP contribution in [0.4, 0.5) is 0 Å². The van der Waals surface area contributed by atoms with E-state index in [-0.39, 0.29) is 15.4 Å². The van der Waals surface area contributed by atoms with Gasteiger partial charge in [0.15, 0.2) is 0 Å². The van der Waals surface area contributed by atoms with Gasteiger partial charge in [0.2, 0.25) is 9.47 Å². The van der Waals surface area contributed by atoms with Crippen LogP contribution in [0, 0.1) is 11.3 Å². The van der Waals surface area contributed by atoms with Gasteiger partial charge in [-0.2, -0.15) is 5.26 Å². The largest absolute Gasteiger partial charge is 0.350 e. The van der Waals surface area contributed by atoms with Gasteiger partial charge in [0.1, 0.15) is 0 Å². The van der Waals surface area contributed by atoms with Crippen molar-refractivity contribution in [2.24, 2.45) is 0 Å². The summed E-state index contributed by atoms with van der Waals surface area (Å²) in [4.78, 5) is 11.4. The van der Waals surface area contributed by atoms with Crippen LogP contribution in [0.1, 0.15) is 29.1 Å². The zero-order valence-electron chi connectivity index (χ0n) is 7.86. The van der Waals surface area contributed by atoms with Gasteiger partial charge in [-0.1, -0.05) is 11.3 Å². The zero-order chi connectivity index (χ0) is 11.1. The van der Waals surface area contributed by atoms with Crippen LogP contribution in [0.2, 0.25) is 4.47 Å². The van der Waals surface area contributed by atoms with Crippen LogP contribution in [0.25, 0.3) is 0 Å². The molecule has 15 heavy (non-hydrogen) atoms. The zero-order valence-corrected chi connectivity index (χ0v) is 9.44. The van der Waals surface area contributed by atoms with E-state index < -0.39 is 0 Å². The van der Waals surface area contributed by atoms with Gasteiger partial charge in [0.25, 0.3) is 5.91 Å². The second-order valence-electron chi connectivity index (χ2n) is 2.73. The number of hydrogen-bond donors (Lipinski definition) is 1. The van der Waals surface area contributed by atoms with Crippen LogP contribution in [-0.2, 0) is 0 Å². The average molecular weight is 245 g/mol. The van der Waals surface area contributed by atoms with Crippen molar-refractivity contribution in [2.45, 2.75) is 19.3 Å². The molecule has 1 N–H and O–H groups in total. The molecule has 0 radical (unpaired) electrons. The first kappa shape index (κ1) is 11.9. The van der Waals surface area contributed by atoms with Gasteiger partial charge in [-0.25, -0.2) is 0 Å². The van der Waals surface area contributed by atoms with Gasteiger partial charge in [0, 0.05) is 13.0 Å². The Bertz CT molecular complexity index is 373. The van der Waals surface area contributed by atoms with Crippen molar-refractivity contribution in [1.82, 2.24) is 15.5 Å². The lowest BCUT2D eigenvalue weighted by Gasteiger charge is -1.99. The predicted octanol–water partition coefficient (Wildman–Crippen LogP) is 1.62. The van der Waals surface area contributed by atoms with Crippen LogP contribution in [-0.4, -0.2) is 22.6 Å². The van der Waals surface area contributed by atoms with Crippen molar-refractivity contribution < 1.29 is 4.79 Å². The molecule has 0 spiro atoms. The fourth-order valence-electron chi connectivity index (χ4n) is 0.904. The normalized spacial score (nSPS) is 9.60. The number of rotatable bonds is 5. The summed E-state index contributed by atoms with van der Waals surface area (Å²) in [6, 6.07) is 2.04. The first-order valence-electron chi connectivity index (χ1n) is 4.38. The molecule has 7 heteroatoms. The van der Waals surface area contributed by atoms with Crippen molar-refractivity contribution in [3.63, 3.8) is 0 Å². The molecule has 1 aromatic rings. The van der Waals surface area contributed by atoms with Crippen molar-refractivity contribution in [3.8, 4) is 6.07 Å². The minimum atomic E-state index is -0.267. The molecule has 1 heterocycles. The highest BCUT2D eigenvalue weighted by atomic mass is 35.5. The summed E-state index contributed by atoms with van der Waals surface area (Å²) in [5, 5.41) is 18.4. The summed E-state index contributed by atoms with van der Waals surface area (Å²) < 4.78 is 0.254. The van der Waals surface area contributed by atoms with Crippen LogP contribution in [0.5, 0.6) is 0 Å². The molecule has 0 unspecified atom stereocenters. The van der Waals surface area contributed by atoms with Crippen LogP contribution < -0.4 is 5.32 Å². The third-order valence-electron chi connectivity index (χ3n) is 1.60. The number of halogens is 1. The van der Waals surface area contributed by atoms with E-state index in [1.54, 1.807) is 0 Å². The predicted molar refractivity (Wildman–Crippen MR) is 56.7 cm³/mol. The van der Waals surface area contributed by atoms with Crippen molar-refractivity contribution in [3.05, 3.63) is 9.47 Å². The molecule has 0 aliphatic carbocycles. The molecule has 0 aliphatic heterocycles. The van der Waals surface area contributed by atoms with Gasteiger partial charge < -0.3 is 5.32 Å². The quantitative estimate of drug-likeness (QED) is 0.799. The number of nitriles is 1. The summed E-state index contributed by atoms with van der Waals surface area (Å²) >= 11 is 6.58. The van der Waals surface area contributed by atoms with Crippen LogP contribution >= 0.6 is 22.9 Å². The van der Waals surface area contributed by atoms with Gasteiger partial charge in [-0.3, -0.25) is 4.79 Å². The Balaban J connectivity index is 2.23. The number of carbonyl (C=O) groups is 1. The Morgan fingerprint density at radius 3 is 2.93 bits per heavy atom. The molecule has 1 rings (SSSR count). The minimum absolute atomic E-state index is 0.254. The third kappa shape index (κ3) is 4.23. The molecule has 0 fully saturated rings. The molecule has 0 aromatic carbocycles. The number of carbonyl (C=O) groups excluding carboxylic acids is 1. The number of nitrogens with one attached hydrogen (secondary N) is 1. The Hall–Kier alpha value is -1.19. The highest BCUT2D eigenvalue weighted by molar-refractivity contribution is 7.17. The Morgan fingerprint density at radius 2 is 2.33 bits per heavy atom. The van der Waals surface area contributed by atoms with E-state index in [1.165, 1.54) is 0 Å². The molecule has 0 atom stereocenters. The number of nitrogens with zero attached hydrogens (tertiary/aromatic N) is 3. The lowest BCUT2D eigenvalue weighted by molar-refractivity contribution is 0.0952. The molecule has 1 amide bonds. The Labute approximate surface area is 96.1 Å². The summed E-state index contributed by atoms with van der Waals surface area (Å²) in [5.74, 6) is -0.267. The molecule has 5 nitrogen and oxygen atoms in total. The molecular formula is C8H9ClN4OS. The lowest BCUT2D eigenvalue weighted by Crippen LogP contribution is -2.24. The second kappa shape index (κ2) is 6.32. The molecule has 1 aromatic heterocycles. The van der Waals surface area contributed by atoms with Crippen molar-refractivity contribution in [1.29, 1.82) is 5.26 Å². The summed E-state index contributed by atoms with van der Waals surface area (Å²) in [6.45, 7) is 0.539. The second-order valence-corrected chi connectivity index (χ2v) is 4.29. The molecular weight excluding hydrogens is 236 g/mol. The fraction of sp³-hybridized carbons (Fsp3) is 0.500. The number of aromatic nitrogens is 2. The number of hydrogen-bond acceptors (Lipinski definition) is 5. The van der Waals surface area contributed by atoms with E-state index in [0.29, 0.717) is 13.0 Å². The van der Waals surface area contributed by atoms with E-state index in [4.69, 9.17) is 16.9 Å². The first-order chi connectivity index (χ1) is 7.24. The van der Waals surface area contributed by atoms with Gasteiger partial charge >= 0.3 is 0 Å². The van der Waals surface area contributed by atoms with Gasteiger partial charge in [0.05, 0.1) is 6.07 Å². The molecule has 0 saturated heterocycles. The van der Waals surface area contributed by atoms with E-state index in [0.717, 1.165) is 24.2 Å². The molecule has 0 aliphatic rings. The molecule has 0 saturated carbocycles. The SMILES string of the molecule is N#CCCCCNC(=O)c1nnc(Cl)s1. The standard InChI is InChI=1S/C8H9ClN4OS/c9-8-13-12-7(15-8)6(14)11-5-3-1-2-4-10/h1-3,5H2,(H,11,14). The van der Waals surface area contributed by atoms with Gasteiger partial charge in [-0.15, -0.1) is 10.2 Å². The van der Waals surface area contributed by atoms with Crippen LogP contribution in [0.3, 0.4) is 0 Å². The number of unbranched alkanes of at least 4 members (excludes halogenated alkanes) is 2. The third-order valence-corrected chi connectivity index (χ3v) is 2.61.